The van der Waals surface area contributed by atoms with Crippen molar-refractivity contribution in [2.75, 3.05) is 44.5 Å². The lowest BCUT2D eigenvalue weighted by atomic mass is 10.0. The normalized spacial score (nSPS) is 16.1. The molecule has 2 unspecified atom stereocenters. The number of anilines is 1. The Bertz CT molecular complexity index is 2650. The lowest BCUT2D eigenvalue weighted by Gasteiger charge is -2.49. The number of aryl methyl sites for hydroxylation is 1. The van der Waals surface area contributed by atoms with Crippen LogP contribution < -0.4 is 19.9 Å². The molecule has 6 rings (SSSR count). The Morgan fingerprint density at radius 3 is 2.34 bits per heavy atom. The Hall–Kier alpha value is -6.11. The lowest BCUT2D eigenvalue weighted by Crippen LogP contribution is -2.71. The highest BCUT2D eigenvalue weighted by Crippen LogP contribution is 2.41. The molecule has 0 bridgehead atoms. The number of carbonyl (C=O) groups excluding carboxylic acids is 5. The quantitative estimate of drug-likeness (QED) is 0.0145. The zero-order chi connectivity index (χ0) is 53.1. The first-order valence-corrected chi connectivity index (χ1v) is 28.8. The number of rotatable bonds is 23. The second kappa shape index (κ2) is 24.7. The van der Waals surface area contributed by atoms with Crippen molar-refractivity contribution < 1.29 is 56.8 Å². The van der Waals surface area contributed by atoms with E-state index in [-0.39, 0.29) is 48.2 Å². The van der Waals surface area contributed by atoms with Crippen LogP contribution in [0.1, 0.15) is 87.0 Å². The van der Waals surface area contributed by atoms with Gasteiger partial charge in [0.25, 0.3) is 11.8 Å². The molecule has 73 heavy (non-hydrogen) atoms. The number of β-lactam (4-membered cyclic amide) rings is 1. The fraction of sp³-hybridized carbons (Fsp3) is 0.551. The molecule has 2 atom stereocenters. The maximum absolute atomic E-state index is 14.3. The lowest BCUT2D eigenvalue weighted by molar-refractivity contribution is -0.664. The van der Waals surface area contributed by atoms with Gasteiger partial charge in [0.1, 0.15) is 59.3 Å². The van der Waals surface area contributed by atoms with E-state index in [0.29, 0.717) is 60.9 Å². The van der Waals surface area contributed by atoms with Gasteiger partial charge in [-0.15, -0.1) is 11.8 Å². The highest BCUT2D eigenvalue weighted by molar-refractivity contribution is 8.00. The highest BCUT2D eigenvalue weighted by Gasteiger charge is 2.55. The standard InChI is InChI=1S/C49H68N10O11S2Si/c1-12-67-54-36(39-52-45(72-55-39)53-46(63)69-48(5,6)7)41(60)51-37-42(61)59-38(44(62)66-29-32-19-21-34(65-11)22-20-32)33(30-71-43(37)59)28-57-23-16-18-35-40(57)50-31-58(35)25-17-24-56(47(64)70-49(8,9)10)26-27-68-73(13-2,14-3)15-4/h16,18-23,31,37,43H,12-15,17,24-30H2,1-11H3,(H-,51,52,53,55,60,63)/p+1/b54-36-. The van der Waals surface area contributed by atoms with Gasteiger partial charge in [-0.25, -0.2) is 19.0 Å². The van der Waals surface area contributed by atoms with Gasteiger partial charge in [0.05, 0.1) is 19.9 Å². The summed E-state index contributed by atoms with van der Waals surface area (Å²) < 4.78 is 36.9. The molecular formula is C49H69N10O11S2Si+. The van der Waals surface area contributed by atoms with Crippen LogP contribution in [0.3, 0.4) is 0 Å². The van der Waals surface area contributed by atoms with E-state index in [1.54, 1.807) is 70.3 Å². The molecule has 1 saturated heterocycles. The molecular weight excluding hydrogens is 997 g/mol. The van der Waals surface area contributed by atoms with Crippen molar-refractivity contribution in [3.8, 4) is 5.75 Å². The number of thioether (sulfide) groups is 1. The fourth-order valence-electron chi connectivity index (χ4n) is 8.09. The van der Waals surface area contributed by atoms with Gasteiger partial charge in [0.15, 0.2) is 8.32 Å². The molecule has 5 heterocycles. The van der Waals surface area contributed by atoms with Gasteiger partial charge < -0.3 is 43.0 Å². The summed E-state index contributed by atoms with van der Waals surface area (Å²) in [6, 6.07) is 12.9. The fourth-order valence-corrected chi connectivity index (χ4v) is 12.6. The molecule has 0 aliphatic carbocycles. The second-order valence-electron chi connectivity index (χ2n) is 19.3. The zero-order valence-electron chi connectivity index (χ0n) is 43.6. The van der Waals surface area contributed by atoms with Crippen LogP contribution in [0, 0.1) is 0 Å². The van der Waals surface area contributed by atoms with E-state index in [1.165, 1.54) is 16.7 Å². The number of aromatic nitrogens is 5. The molecule has 0 radical (unpaired) electrons. The van der Waals surface area contributed by atoms with Crippen LogP contribution in [-0.2, 0) is 57.6 Å². The van der Waals surface area contributed by atoms with E-state index in [2.05, 4.69) is 45.9 Å². The summed E-state index contributed by atoms with van der Waals surface area (Å²) in [7, 11) is -0.292. The maximum atomic E-state index is 14.3. The Morgan fingerprint density at radius 2 is 1.68 bits per heavy atom. The van der Waals surface area contributed by atoms with E-state index in [1.807, 2.05) is 48.2 Å². The summed E-state index contributed by atoms with van der Waals surface area (Å²) in [4.78, 5) is 85.6. The Labute approximate surface area is 435 Å². The first-order valence-electron chi connectivity index (χ1n) is 24.5. The number of methoxy groups -OCH3 is 1. The molecule has 3 aromatic heterocycles. The molecule has 0 spiro atoms. The van der Waals surface area contributed by atoms with Crippen LogP contribution in [0.15, 0.2) is 65.3 Å². The van der Waals surface area contributed by atoms with Crippen LogP contribution in [0.4, 0.5) is 14.7 Å². The predicted octanol–water partition coefficient (Wildman–Crippen LogP) is 7.02. The number of nitrogens with zero attached hydrogens (tertiary/aromatic N) is 8. The molecule has 4 amide bonds. The van der Waals surface area contributed by atoms with Crippen molar-refractivity contribution in [3.63, 3.8) is 0 Å². The SMILES string of the molecule is CCO/N=C(\C(=O)NC1C(=O)N2C(C(=O)OCc3ccc(OC)cc3)=C(C[n+]3cccc4c3ncn4CCCN(CCO[Si](CC)(CC)CC)C(=O)OC(C)(C)C)CSC12)c1nsc(NC(=O)OC(C)(C)C)n1. The van der Waals surface area contributed by atoms with Gasteiger partial charge in [-0.05, 0) is 108 Å². The minimum Gasteiger partial charge on any atom is -0.497 e. The summed E-state index contributed by atoms with van der Waals surface area (Å²) in [6.07, 6.45) is 3.09. The van der Waals surface area contributed by atoms with Gasteiger partial charge in [0.2, 0.25) is 23.0 Å². The molecule has 4 aromatic rings. The minimum atomic E-state index is -1.85. The number of hydrogen-bond acceptors (Lipinski definition) is 17. The number of amides is 4. The van der Waals surface area contributed by atoms with E-state index in [4.69, 9.17) is 33.2 Å². The van der Waals surface area contributed by atoms with Gasteiger partial charge >= 0.3 is 23.8 Å². The molecule has 1 aromatic carbocycles. The largest absolute Gasteiger partial charge is 0.497 e. The van der Waals surface area contributed by atoms with Crippen LogP contribution in [0.2, 0.25) is 18.1 Å². The van der Waals surface area contributed by atoms with Gasteiger partial charge in [-0.3, -0.25) is 19.8 Å². The highest BCUT2D eigenvalue weighted by atomic mass is 32.2. The number of pyridine rings is 1. The van der Waals surface area contributed by atoms with E-state index in [0.717, 1.165) is 35.2 Å². The number of carbonyl (C=O) groups is 5. The van der Waals surface area contributed by atoms with Crippen molar-refractivity contribution in [1.82, 2.24) is 34.0 Å². The zero-order valence-corrected chi connectivity index (χ0v) is 46.3. The first kappa shape index (κ1) is 56.2. The van der Waals surface area contributed by atoms with E-state index in [9.17, 15) is 24.0 Å². The molecule has 2 aliphatic rings. The van der Waals surface area contributed by atoms with Gasteiger partial charge in [-0.1, -0.05) is 38.1 Å². The summed E-state index contributed by atoms with van der Waals surface area (Å²) >= 11 is 2.18. The third kappa shape index (κ3) is 14.6. The monoisotopic (exact) mass is 1070 g/mol. The van der Waals surface area contributed by atoms with Crippen LogP contribution >= 0.6 is 23.3 Å². The predicted molar refractivity (Wildman–Crippen MR) is 278 cm³/mol. The van der Waals surface area contributed by atoms with Crippen molar-refractivity contribution in [1.29, 1.82) is 0 Å². The molecule has 21 nitrogen and oxygen atoms in total. The molecule has 2 aliphatic heterocycles. The number of oxime groups is 1. The van der Waals surface area contributed by atoms with Crippen LogP contribution in [-0.4, -0.2) is 134 Å². The van der Waals surface area contributed by atoms with Crippen LogP contribution in [0.25, 0.3) is 11.2 Å². The molecule has 24 heteroatoms. The average molecular weight is 1070 g/mol. The minimum absolute atomic E-state index is 0.0489. The van der Waals surface area contributed by atoms with E-state index < -0.39 is 54.8 Å². The van der Waals surface area contributed by atoms with E-state index >= 15 is 0 Å². The number of esters is 1. The van der Waals surface area contributed by atoms with Crippen molar-refractivity contribution >= 4 is 83.6 Å². The van der Waals surface area contributed by atoms with Crippen molar-refractivity contribution in [3.05, 3.63) is 71.6 Å². The molecule has 396 valence electrons. The number of imidazole rings is 1. The number of fused-ring (bicyclic) bond motifs is 2. The second-order valence-corrected chi connectivity index (χ2v) is 26.0. The number of benzene rings is 1. The third-order valence-electron chi connectivity index (χ3n) is 12.0. The summed E-state index contributed by atoms with van der Waals surface area (Å²) in [5.41, 5.74) is 1.13. The summed E-state index contributed by atoms with van der Waals surface area (Å²) in [5.74, 6) is -1.27. The molecule has 0 saturated carbocycles. The number of hydrogen-bond donors (Lipinski definition) is 2. The Balaban J connectivity index is 1.21. The Kier molecular flexibility index (Phi) is 19.0. The third-order valence-corrected chi connectivity index (χ3v) is 18.6. The smallest absolute Gasteiger partial charge is 0.414 e. The van der Waals surface area contributed by atoms with Gasteiger partial charge in [-0.2, -0.15) is 9.36 Å². The summed E-state index contributed by atoms with van der Waals surface area (Å²) in [5, 5.41) is 8.56. The van der Waals surface area contributed by atoms with Crippen molar-refractivity contribution in [2.45, 2.75) is 136 Å². The number of nitrogens with one attached hydrogen (secondary N) is 2. The first-order chi connectivity index (χ1) is 34.7. The molecule has 2 N–H and O–H groups in total. The number of ether oxygens (including phenoxy) is 4. The van der Waals surface area contributed by atoms with Crippen LogP contribution in [0.5, 0.6) is 5.75 Å². The maximum Gasteiger partial charge on any atom is 0.414 e. The van der Waals surface area contributed by atoms with Gasteiger partial charge in [0, 0.05) is 42.5 Å². The summed E-state index contributed by atoms with van der Waals surface area (Å²) in [6.45, 7) is 21.0. The average Bonchev–Trinajstić information content (AvgIpc) is 3.99. The topological polar surface area (TPSA) is 231 Å². The van der Waals surface area contributed by atoms with Crippen molar-refractivity contribution in [2.24, 2.45) is 5.16 Å². The molecule has 1 fully saturated rings. The Morgan fingerprint density at radius 1 is 0.973 bits per heavy atom.